The number of aliphatic hydroxyl groups is 1. The molecule has 0 radical (unpaired) electrons. The monoisotopic (exact) mass is 326 g/mol. The average molecular weight is 327 g/mol. The van der Waals surface area contributed by atoms with Gasteiger partial charge in [-0.1, -0.05) is 18.5 Å². The van der Waals surface area contributed by atoms with Crippen molar-refractivity contribution in [2.45, 2.75) is 19.4 Å². The second-order valence-corrected chi connectivity index (χ2v) is 5.84. The van der Waals surface area contributed by atoms with Crippen molar-refractivity contribution in [1.29, 1.82) is 0 Å². The average Bonchev–Trinajstić information content (AvgIpc) is 2.56. The number of benzene rings is 1. The van der Waals surface area contributed by atoms with Crippen LogP contribution in [-0.2, 0) is 4.79 Å². The summed E-state index contributed by atoms with van der Waals surface area (Å²) in [6.45, 7) is 5.23. The van der Waals surface area contributed by atoms with Crippen molar-refractivity contribution >= 4 is 17.5 Å². The van der Waals surface area contributed by atoms with Gasteiger partial charge < -0.3 is 14.7 Å². The number of carbonyl (C=O) groups is 1. The Hall–Kier alpha value is -1.30. The second kappa shape index (κ2) is 8.36. The Morgan fingerprint density at radius 1 is 1.27 bits per heavy atom. The number of aliphatic hydroxyl groups excluding tert-OH is 1. The van der Waals surface area contributed by atoms with Crippen LogP contribution < -0.4 is 4.74 Å². The van der Waals surface area contributed by atoms with E-state index in [-0.39, 0.29) is 25.2 Å². The van der Waals surface area contributed by atoms with Gasteiger partial charge >= 0.3 is 0 Å². The summed E-state index contributed by atoms with van der Waals surface area (Å²) >= 11 is 5.81. The summed E-state index contributed by atoms with van der Waals surface area (Å²) in [5.74, 6) is 0.634. The number of ether oxygens (including phenoxy) is 1. The minimum atomic E-state index is -0.00773. The van der Waals surface area contributed by atoms with E-state index in [4.69, 9.17) is 16.3 Å². The molecule has 1 atom stereocenters. The van der Waals surface area contributed by atoms with Crippen LogP contribution in [0.15, 0.2) is 24.3 Å². The van der Waals surface area contributed by atoms with Gasteiger partial charge in [0.05, 0.1) is 6.61 Å². The van der Waals surface area contributed by atoms with E-state index in [1.807, 2.05) is 4.90 Å². The second-order valence-electron chi connectivity index (χ2n) is 5.40. The molecule has 22 heavy (non-hydrogen) atoms. The first kappa shape index (κ1) is 17.1. The lowest BCUT2D eigenvalue weighted by Crippen LogP contribution is -2.53. The number of piperazine rings is 1. The maximum absolute atomic E-state index is 12.2. The molecule has 0 aliphatic carbocycles. The van der Waals surface area contributed by atoms with Crippen molar-refractivity contribution in [3.63, 3.8) is 0 Å². The minimum absolute atomic E-state index is 0.00773. The quantitative estimate of drug-likeness (QED) is 0.863. The number of amides is 1. The normalized spacial score (nSPS) is 17.3. The van der Waals surface area contributed by atoms with E-state index in [9.17, 15) is 9.90 Å². The largest absolute Gasteiger partial charge is 0.484 e. The van der Waals surface area contributed by atoms with Crippen LogP contribution in [-0.4, -0.2) is 66.2 Å². The highest BCUT2D eigenvalue weighted by molar-refractivity contribution is 6.30. The summed E-state index contributed by atoms with van der Waals surface area (Å²) in [6, 6.07) is 7.17. The molecule has 1 unspecified atom stereocenters. The number of halogens is 1. The molecule has 1 heterocycles. The Kier molecular flexibility index (Phi) is 6.49. The molecule has 1 aromatic rings. The lowest BCUT2D eigenvalue weighted by Gasteiger charge is -2.38. The van der Waals surface area contributed by atoms with Crippen LogP contribution in [0.4, 0.5) is 0 Å². The zero-order chi connectivity index (χ0) is 15.9. The van der Waals surface area contributed by atoms with Crippen molar-refractivity contribution in [3.05, 3.63) is 29.3 Å². The van der Waals surface area contributed by atoms with Gasteiger partial charge in [-0.3, -0.25) is 9.69 Å². The lowest BCUT2D eigenvalue weighted by molar-refractivity contribution is -0.135. The predicted octanol–water partition coefficient (Wildman–Crippen LogP) is 1.63. The van der Waals surface area contributed by atoms with Gasteiger partial charge in [0.1, 0.15) is 5.75 Å². The van der Waals surface area contributed by atoms with Crippen molar-refractivity contribution in [1.82, 2.24) is 9.80 Å². The molecule has 1 amide bonds. The SMILES string of the molecule is CCC(CO)N1CCN(C(=O)COc2ccc(Cl)cc2)CC1. The van der Waals surface area contributed by atoms with E-state index in [0.717, 1.165) is 19.5 Å². The fourth-order valence-electron chi connectivity index (χ4n) is 2.61. The van der Waals surface area contributed by atoms with Gasteiger partial charge in [-0.2, -0.15) is 0 Å². The van der Waals surface area contributed by atoms with Gasteiger partial charge in [-0.05, 0) is 30.7 Å². The predicted molar refractivity (Wildman–Crippen MR) is 86.3 cm³/mol. The molecule has 1 aliphatic rings. The molecule has 1 saturated heterocycles. The number of hydrogen-bond donors (Lipinski definition) is 1. The van der Waals surface area contributed by atoms with Gasteiger partial charge in [0.15, 0.2) is 6.61 Å². The molecule has 1 N–H and O–H groups in total. The molecule has 6 heteroatoms. The highest BCUT2D eigenvalue weighted by Gasteiger charge is 2.24. The van der Waals surface area contributed by atoms with Crippen LogP contribution in [0.25, 0.3) is 0 Å². The third-order valence-corrected chi connectivity index (χ3v) is 4.29. The molecule has 1 aromatic carbocycles. The number of carbonyl (C=O) groups excluding carboxylic acids is 1. The van der Waals surface area contributed by atoms with E-state index < -0.39 is 0 Å². The van der Waals surface area contributed by atoms with Gasteiger partial charge in [0.2, 0.25) is 0 Å². The van der Waals surface area contributed by atoms with Crippen LogP contribution in [0, 0.1) is 0 Å². The highest BCUT2D eigenvalue weighted by Crippen LogP contribution is 2.16. The molecule has 5 nitrogen and oxygen atoms in total. The smallest absolute Gasteiger partial charge is 0.260 e. The Morgan fingerprint density at radius 2 is 1.91 bits per heavy atom. The summed E-state index contributed by atoms with van der Waals surface area (Å²) in [5, 5.41) is 9.97. The van der Waals surface area contributed by atoms with Crippen molar-refractivity contribution in [3.8, 4) is 5.75 Å². The molecular weight excluding hydrogens is 304 g/mol. The molecule has 1 aliphatic heterocycles. The molecule has 2 rings (SSSR count). The Balaban J connectivity index is 1.76. The van der Waals surface area contributed by atoms with Crippen LogP contribution in [0.1, 0.15) is 13.3 Å². The fourth-order valence-corrected chi connectivity index (χ4v) is 2.73. The number of rotatable bonds is 6. The van der Waals surface area contributed by atoms with Crippen LogP contribution in [0.3, 0.4) is 0 Å². The van der Waals surface area contributed by atoms with E-state index in [0.29, 0.717) is 23.9 Å². The van der Waals surface area contributed by atoms with Crippen molar-refractivity contribution in [2.24, 2.45) is 0 Å². The molecule has 0 spiro atoms. The summed E-state index contributed by atoms with van der Waals surface area (Å²) in [7, 11) is 0. The highest BCUT2D eigenvalue weighted by atomic mass is 35.5. The molecular formula is C16H23ClN2O3. The molecule has 0 aromatic heterocycles. The van der Waals surface area contributed by atoms with Crippen LogP contribution >= 0.6 is 11.6 Å². The molecule has 122 valence electrons. The van der Waals surface area contributed by atoms with E-state index in [2.05, 4.69) is 11.8 Å². The van der Waals surface area contributed by atoms with Crippen LogP contribution in [0.2, 0.25) is 5.02 Å². The minimum Gasteiger partial charge on any atom is -0.484 e. The van der Waals surface area contributed by atoms with Gasteiger partial charge in [0, 0.05) is 37.2 Å². The number of nitrogens with zero attached hydrogens (tertiary/aromatic N) is 2. The molecule has 0 saturated carbocycles. The van der Waals surface area contributed by atoms with Crippen molar-refractivity contribution < 1.29 is 14.6 Å². The summed E-state index contributed by atoms with van der Waals surface area (Å²) < 4.78 is 5.49. The standard InChI is InChI=1S/C16H23ClN2O3/c1-2-14(11-20)18-7-9-19(10-8-18)16(21)12-22-15-5-3-13(17)4-6-15/h3-6,14,20H,2,7-12H2,1H3. The molecule has 0 bridgehead atoms. The van der Waals surface area contributed by atoms with E-state index in [1.165, 1.54) is 0 Å². The molecule has 1 fully saturated rings. The first-order chi connectivity index (χ1) is 10.6. The fraction of sp³-hybridized carbons (Fsp3) is 0.562. The Bertz CT molecular complexity index is 469. The summed E-state index contributed by atoms with van der Waals surface area (Å²) in [4.78, 5) is 16.2. The van der Waals surface area contributed by atoms with Gasteiger partial charge in [-0.15, -0.1) is 0 Å². The Morgan fingerprint density at radius 3 is 2.45 bits per heavy atom. The summed E-state index contributed by atoms with van der Waals surface area (Å²) in [6.07, 6.45) is 0.921. The topological polar surface area (TPSA) is 53.0 Å². The maximum Gasteiger partial charge on any atom is 0.260 e. The zero-order valence-electron chi connectivity index (χ0n) is 12.9. The zero-order valence-corrected chi connectivity index (χ0v) is 13.6. The number of hydrogen-bond acceptors (Lipinski definition) is 4. The van der Waals surface area contributed by atoms with Crippen LogP contribution in [0.5, 0.6) is 5.75 Å². The lowest BCUT2D eigenvalue weighted by atomic mass is 10.1. The van der Waals surface area contributed by atoms with E-state index in [1.54, 1.807) is 24.3 Å². The third kappa shape index (κ3) is 4.60. The third-order valence-electron chi connectivity index (χ3n) is 4.04. The summed E-state index contributed by atoms with van der Waals surface area (Å²) in [5.41, 5.74) is 0. The van der Waals surface area contributed by atoms with Crippen molar-refractivity contribution in [2.75, 3.05) is 39.4 Å². The van der Waals surface area contributed by atoms with E-state index >= 15 is 0 Å². The first-order valence-electron chi connectivity index (χ1n) is 7.65. The Labute approximate surface area is 136 Å². The first-order valence-corrected chi connectivity index (χ1v) is 8.03. The van der Waals surface area contributed by atoms with Gasteiger partial charge in [-0.25, -0.2) is 0 Å². The maximum atomic E-state index is 12.2. The van der Waals surface area contributed by atoms with Gasteiger partial charge in [0.25, 0.3) is 5.91 Å².